The summed E-state index contributed by atoms with van der Waals surface area (Å²) in [5.41, 5.74) is 7.90. The van der Waals surface area contributed by atoms with Crippen molar-refractivity contribution in [3.05, 3.63) is 10.4 Å². The predicted octanol–water partition coefficient (Wildman–Crippen LogP) is 2.04. The van der Waals surface area contributed by atoms with Crippen molar-refractivity contribution < 1.29 is 13.2 Å². The Hall–Kier alpha value is -1.08. The Morgan fingerprint density at radius 2 is 2.00 bits per heavy atom. The highest BCUT2D eigenvalue weighted by molar-refractivity contribution is 7.91. The van der Waals surface area contributed by atoms with Gasteiger partial charge >= 0.3 is 0 Å². The molecule has 0 spiro atoms. The molecule has 7 heteroatoms. The summed E-state index contributed by atoms with van der Waals surface area (Å²) in [5, 5.41) is 1.03. The van der Waals surface area contributed by atoms with Gasteiger partial charge in [-0.05, 0) is 25.2 Å². The largest absolute Gasteiger partial charge is 0.397 e. The number of Topliss-reactive ketones (excluding diaryl/α,β-unsaturated/α-hetero) is 1. The first kappa shape index (κ1) is 14.8. The minimum Gasteiger partial charge on any atom is -0.397 e. The van der Waals surface area contributed by atoms with Crippen LogP contribution in [0.25, 0.3) is 0 Å². The maximum absolute atomic E-state index is 11.8. The molecule has 2 heterocycles. The first-order chi connectivity index (χ1) is 9.89. The summed E-state index contributed by atoms with van der Waals surface area (Å²) in [5.74, 6) is 0.879. The Balaban J connectivity index is 1.97. The molecular weight excluding hydrogens is 308 g/mol. The highest BCUT2D eigenvalue weighted by atomic mass is 32.2. The second kappa shape index (κ2) is 5.28. The Morgan fingerprint density at radius 1 is 1.29 bits per heavy atom. The SMILES string of the molecule is CC(=O)c1sc(N2CCCS(=O)(=O)CC2)c(C2CC2)c1N. The lowest BCUT2D eigenvalue weighted by Crippen LogP contribution is -2.26. The minimum absolute atomic E-state index is 0.00639. The van der Waals surface area contributed by atoms with E-state index >= 15 is 0 Å². The van der Waals surface area contributed by atoms with Crippen LogP contribution in [-0.2, 0) is 9.84 Å². The average molecular weight is 328 g/mol. The second-order valence-electron chi connectivity index (χ2n) is 5.89. The van der Waals surface area contributed by atoms with Crippen molar-refractivity contribution in [2.24, 2.45) is 0 Å². The first-order valence-electron chi connectivity index (χ1n) is 7.27. The quantitative estimate of drug-likeness (QED) is 0.859. The number of hydrogen-bond acceptors (Lipinski definition) is 6. The number of hydrogen-bond donors (Lipinski definition) is 1. The molecule has 1 saturated carbocycles. The van der Waals surface area contributed by atoms with Gasteiger partial charge in [0.2, 0.25) is 0 Å². The van der Waals surface area contributed by atoms with Gasteiger partial charge < -0.3 is 10.6 Å². The van der Waals surface area contributed by atoms with Crippen LogP contribution in [0, 0.1) is 0 Å². The number of carbonyl (C=O) groups is 1. The zero-order chi connectivity index (χ0) is 15.2. The number of nitrogens with zero attached hydrogens (tertiary/aromatic N) is 1. The van der Waals surface area contributed by atoms with Gasteiger partial charge in [0.05, 0.1) is 27.1 Å². The third-order valence-electron chi connectivity index (χ3n) is 4.11. The number of nitrogens with two attached hydrogens (primary N) is 1. The summed E-state index contributed by atoms with van der Waals surface area (Å²) < 4.78 is 23.5. The molecule has 0 amide bonds. The molecule has 21 heavy (non-hydrogen) atoms. The third kappa shape index (κ3) is 2.94. The molecule has 5 nitrogen and oxygen atoms in total. The highest BCUT2D eigenvalue weighted by Gasteiger charge is 2.34. The normalized spacial score (nSPS) is 22.0. The zero-order valence-electron chi connectivity index (χ0n) is 12.1. The van der Waals surface area contributed by atoms with Crippen LogP contribution in [-0.4, -0.2) is 38.8 Å². The van der Waals surface area contributed by atoms with Gasteiger partial charge in [0.15, 0.2) is 15.6 Å². The number of rotatable bonds is 3. The number of ketones is 1. The Morgan fingerprint density at radius 3 is 2.62 bits per heavy atom. The smallest absolute Gasteiger partial charge is 0.171 e. The zero-order valence-corrected chi connectivity index (χ0v) is 13.7. The molecule has 1 aliphatic carbocycles. The van der Waals surface area contributed by atoms with Gasteiger partial charge in [0, 0.05) is 25.6 Å². The van der Waals surface area contributed by atoms with Crippen molar-refractivity contribution in [1.82, 2.24) is 0 Å². The molecule has 0 bridgehead atoms. The van der Waals surface area contributed by atoms with E-state index < -0.39 is 9.84 Å². The molecule has 3 rings (SSSR count). The number of sulfone groups is 1. The monoisotopic (exact) mass is 328 g/mol. The summed E-state index contributed by atoms with van der Waals surface area (Å²) in [7, 11) is -2.93. The summed E-state index contributed by atoms with van der Waals surface area (Å²) in [4.78, 5) is 14.5. The van der Waals surface area contributed by atoms with Gasteiger partial charge in [-0.3, -0.25) is 4.79 Å². The molecule has 0 radical (unpaired) electrons. The topological polar surface area (TPSA) is 80.5 Å². The average Bonchev–Trinajstić information content (AvgIpc) is 3.18. The second-order valence-corrected chi connectivity index (χ2v) is 9.19. The van der Waals surface area contributed by atoms with Crippen LogP contribution in [0.15, 0.2) is 0 Å². The van der Waals surface area contributed by atoms with Crippen molar-refractivity contribution in [3.63, 3.8) is 0 Å². The van der Waals surface area contributed by atoms with E-state index in [-0.39, 0.29) is 17.3 Å². The van der Waals surface area contributed by atoms with Gasteiger partial charge in [-0.2, -0.15) is 0 Å². The molecule has 0 aromatic carbocycles. The lowest BCUT2D eigenvalue weighted by atomic mass is 10.1. The number of carbonyl (C=O) groups excluding carboxylic acids is 1. The van der Waals surface area contributed by atoms with E-state index in [0.717, 1.165) is 30.0 Å². The van der Waals surface area contributed by atoms with Gasteiger partial charge in [0.25, 0.3) is 0 Å². The molecule has 0 atom stereocenters. The van der Waals surface area contributed by atoms with E-state index in [4.69, 9.17) is 5.73 Å². The van der Waals surface area contributed by atoms with E-state index in [1.165, 1.54) is 18.3 Å². The number of nitrogen functional groups attached to an aromatic ring is 1. The van der Waals surface area contributed by atoms with Crippen LogP contribution in [0.3, 0.4) is 0 Å². The molecule has 2 N–H and O–H groups in total. The summed E-state index contributed by atoms with van der Waals surface area (Å²) in [6, 6.07) is 0. The van der Waals surface area contributed by atoms with E-state index in [2.05, 4.69) is 4.90 Å². The predicted molar refractivity (Wildman–Crippen MR) is 86.2 cm³/mol. The lowest BCUT2D eigenvalue weighted by Gasteiger charge is -2.22. The maximum atomic E-state index is 11.8. The van der Waals surface area contributed by atoms with Crippen LogP contribution in [0.5, 0.6) is 0 Å². The Labute approximate surface area is 129 Å². The summed E-state index contributed by atoms with van der Waals surface area (Å²) >= 11 is 1.44. The summed E-state index contributed by atoms with van der Waals surface area (Å²) in [6.07, 6.45) is 2.86. The van der Waals surface area contributed by atoms with Crippen LogP contribution in [0.4, 0.5) is 10.7 Å². The van der Waals surface area contributed by atoms with Crippen molar-refractivity contribution in [3.8, 4) is 0 Å². The highest BCUT2D eigenvalue weighted by Crippen LogP contribution is 2.52. The molecular formula is C14H20N2O3S2. The third-order valence-corrected chi connectivity index (χ3v) is 7.21. The van der Waals surface area contributed by atoms with Gasteiger partial charge in [-0.15, -0.1) is 11.3 Å². The first-order valence-corrected chi connectivity index (χ1v) is 9.91. The van der Waals surface area contributed by atoms with Gasteiger partial charge in [-0.25, -0.2) is 8.42 Å². The molecule has 116 valence electrons. The van der Waals surface area contributed by atoms with Crippen LogP contribution in [0.2, 0.25) is 0 Å². The van der Waals surface area contributed by atoms with Crippen LogP contribution >= 0.6 is 11.3 Å². The molecule has 1 aliphatic heterocycles. The van der Waals surface area contributed by atoms with E-state index in [9.17, 15) is 13.2 Å². The van der Waals surface area contributed by atoms with Gasteiger partial charge in [0.1, 0.15) is 0 Å². The van der Waals surface area contributed by atoms with Crippen LogP contribution in [0.1, 0.15) is 47.3 Å². The molecule has 1 aromatic rings. The minimum atomic E-state index is -2.93. The van der Waals surface area contributed by atoms with Crippen LogP contribution < -0.4 is 10.6 Å². The van der Waals surface area contributed by atoms with E-state index in [0.29, 0.717) is 29.4 Å². The van der Waals surface area contributed by atoms with E-state index in [1.54, 1.807) is 0 Å². The Bertz CT molecular complexity index is 675. The fourth-order valence-corrected chi connectivity index (χ4v) is 5.38. The summed E-state index contributed by atoms with van der Waals surface area (Å²) in [6.45, 7) is 2.76. The molecule has 2 fully saturated rings. The lowest BCUT2D eigenvalue weighted by molar-refractivity contribution is 0.102. The fraction of sp³-hybridized carbons (Fsp3) is 0.643. The molecule has 1 aromatic heterocycles. The standard InChI is InChI=1S/C14H20N2O3S2/c1-9(17)13-12(15)11(10-3-4-10)14(20-13)16-5-2-7-21(18,19)8-6-16/h10H,2-8,15H2,1H3. The van der Waals surface area contributed by atoms with Crippen molar-refractivity contribution in [2.75, 3.05) is 35.2 Å². The van der Waals surface area contributed by atoms with Crippen molar-refractivity contribution in [1.29, 1.82) is 0 Å². The molecule has 0 unspecified atom stereocenters. The van der Waals surface area contributed by atoms with Gasteiger partial charge in [-0.1, -0.05) is 0 Å². The molecule has 1 saturated heterocycles. The number of anilines is 2. The van der Waals surface area contributed by atoms with Crippen molar-refractivity contribution in [2.45, 2.75) is 32.1 Å². The van der Waals surface area contributed by atoms with E-state index in [1.807, 2.05) is 0 Å². The maximum Gasteiger partial charge on any atom is 0.171 e. The molecule has 2 aliphatic rings. The number of thiophene rings is 1. The fourth-order valence-electron chi connectivity index (χ4n) is 2.85. The van der Waals surface area contributed by atoms with Crippen molar-refractivity contribution >= 4 is 37.6 Å². The Kier molecular flexibility index (Phi) is 3.73.